The largest absolute Gasteiger partial charge is 0.486 e. The van der Waals surface area contributed by atoms with E-state index in [0.717, 1.165) is 58.1 Å². The minimum Gasteiger partial charge on any atom is -0.486 e. The van der Waals surface area contributed by atoms with Gasteiger partial charge in [0.1, 0.15) is 22.5 Å². The van der Waals surface area contributed by atoms with Crippen LogP contribution in [-0.4, -0.2) is 60.2 Å². The van der Waals surface area contributed by atoms with Crippen molar-refractivity contribution in [2.24, 2.45) is 0 Å². The van der Waals surface area contributed by atoms with Gasteiger partial charge in [-0.2, -0.15) is 0 Å². The fourth-order valence-electron chi connectivity index (χ4n) is 5.48. The van der Waals surface area contributed by atoms with Gasteiger partial charge in [0.2, 0.25) is 0 Å². The quantitative estimate of drug-likeness (QED) is 0.186. The van der Waals surface area contributed by atoms with E-state index in [0.29, 0.717) is 29.6 Å². The van der Waals surface area contributed by atoms with Gasteiger partial charge in [-0.25, -0.2) is 13.8 Å². The number of rotatable bonds is 11. The number of thiazole rings is 1. The predicted octanol–water partition coefficient (Wildman–Crippen LogP) is 6.26. The van der Waals surface area contributed by atoms with E-state index in [-0.39, 0.29) is 49.6 Å². The van der Waals surface area contributed by atoms with Crippen LogP contribution in [0.25, 0.3) is 5.57 Å². The van der Waals surface area contributed by atoms with Gasteiger partial charge >= 0.3 is 0 Å². The molecule has 43 heavy (non-hydrogen) atoms. The van der Waals surface area contributed by atoms with Crippen LogP contribution in [0.1, 0.15) is 34.7 Å². The number of nitrogens with one attached hydrogen (secondary N) is 2. The highest BCUT2D eigenvalue weighted by atomic mass is 35.5. The van der Waals surface area contributed by atoms with Gasteiger partial charge in [-0.15, -0.1) is 11.3 Å². The van der Waals surface area contributed by atoms with Gasteiger partial charge in [0.25, 0.3) is 5.91 Å². The maximum Gasteiger partial charge on any atom is 0.252 e. The zero-order valence-corrected chi connectivity index (χ0v) is 26.1. The number of hydrogen-bond acceptors (Lipinski definition) is 7. The van der Waals surface area contributed by atoms with E-state index < -0.39 is 16.7 Å². The van der Waals surface area contributed by atoms with Crippen LogP contribution in [0, 0.1) is 11.6 Å². The molecule has 2 N–H and O–H groups in total. The molecule has 2 aliphatic heterocycles. The molecule has 1 aliphatic carbocycles. The van der Waals surface area contributed by atoms with E-state index in [9.17, 15) is 13.6 Å². The summed E-state index contributed by atoms with van der Waals surface area (Å²) < 4.78 is 38.5. The first-order chi connectivity index (χ1) is 20.8. The number of aromatic nitrogens is 1. The molecule has 3 heterocycles. The Hall–Kier alpha value is -2.31. The van der Waals surface area contributed by atoms with Gasteiger partial charge in [-0.3, -0.25) is 4.79 Å². The number of benzene rings is 2. The van der Waals surface area contributed by atoms with Crippen molar-refractivity contribution >= 4 is 57.6 Å². The summed E-state index contributed by atoms with van der Waals surface area (Å²) in [5.74, 6) is -1.84. The molecule has 3 aromatic rings. The number of carbonyl (C=O) groups excluding carboxylic acids is 1. The minimum absolute atomic E-state index is 0.000201. The monoisotopic (exact) mass is 668 g/mol. The van der Waals surface area contributed by atoms with E-state index in [1.54, 1.807) is 12.3 Å². The number of amides is 1. The van der Waals surface area contributed by atoms with Gasteiger partial charge in [-0.1, -0.05) is 46.9 Å². The van der Waals surface area contributed by atoms with Crippen LogP contribution in [0.5, 0.6) is 5.75 Å². The number of hydrogen-bond donors (Lipinski definition) is 2. The third kappa shape index (κ3) is 6.86. The summed E-state index contributed by atoms with van der Waals surface area (Å²) in [6, 6.07) is 7.65. The second-order valence-corrected chi connectivity index (χ2v) is 13.0. The van der Waals surface area contributed by atoms with Gasteiger partial charge in [0.05, 0.1) is 34.2 Å². The van der Waals surface area contributed by atoms with Gasteiger partial charge < -0.3 is 25.0 Å². The summed E-state index contributed by atoms with van der Waals surface area (Å²) in [5.41, 5.74) is 2.59. The van der Waals surface area contributed by atoms with Crippen LogP contribution < -0.4 is 15.4 Å². The first-order valence-electron chi connectivity index (χ1n) is 14.0. The Morgan fingerprint density at radius 1 is 1.07 bits per heavy atom. The fraction of sp³-hybridized carbons (Fsp3) is 0.400. The molecule has 2 fully saturated rings. The first-order valence-corrected chi connectivity index (χ1v) is 16.0. The highest BCUT2D eigenvalue weighted by Crippen LogP contribution is 2.39. The second-order valence-electron chi connectivity index (χ2n) is 10.7. The zero-order valence-electron chi connectivity index (χ0n) is 23.0. The summed E-state index contributed by atoms with van der Waals surface area (Å²) in [6.07, 6.45) is 4.40. The number of fused-ring (bicyclic) bond motifs is 2. The van der Waals surface area contributed by atoms with Crippen LogP contribution in [0.4, 0.5) is 8.78 Å². The lowest BCUT2D eigenvalue weighted by Gasteiger charge is -2.40. The molecule has 228 valence electrons. The van der Waals surface area contributed by atoms with Crippen LogP contribution in [0.3, 0.4) is 0 Å². The smallest absolute Gasteiger partial charge is 0.252 e. The zero-order chi connectivity index (χ0) is 30.1. The summed E-state index contributed by atoms with van der Waals surface area (Å²) in [5, 5.41) is 8.36. The molecule has 1 saturated heterocycles. The lowest BCUT2D eigenvalue weighted by Crippen LogP contribution is -2.59. The third-order valence-corrected chi connectivity index (χ3v) is 9.94. The normalized spacial score (nSPS) is 19.9. The topological polar surface area (TPSA) is 75.7 Å². The maximum absolute atomic E-state index is 14.3. The number of piperazine rings is 1. The van der Waals surface area contributed by atoms with E-state index >= 15 is 0 Å². The maximum atomic E-state index is 14.3. The van der Waals surface area contributed by atoms with Crippen molar-refractivity contribution < 1.29 is 23.0 Å². The summed E-state index contributed by atoms with van der Waals surface area (Å²) in [7, 11) is 0. The van der Waals surface area contributed by atoms with E-state index in [1.165, 1.54) is 11.3 Å². The molecule has 13 heteroatoms. The van der Waals surface area contributed by atoms with Crippen LogP contribution >= 0.6 is 46.1 Å². The molecule has 0 unspecified atom stereocenters. The molecular weight excluding hydrogens is 641 g/mol. The second kappa shape index (κ2) is 13.4. The van der Waals surface area contributed by atoms with Gasteiger partial charge in [0.15, 0.2) is 11.6 Å². The first kappa shape index (κ1) is 30.7. The van der Waals surface area contributed by atoms with Crippen LogP contribution in [0.15, 0.2) is 42.1 Å². The highest BCUT2D eigenvalue weighted by Gasteiger charge is 2.41. The molecule has 1 aromatic heterocycles. The van der Waals surface area contributed by atoms with Gasteiger partial charge in [0, 0.05) is 43.5 Å². The summed E-state index contributed by atoms with van der Waals surface area (Å²) in [6.45, 7) is 2.17. The summed E-state index contributed by atoms with van der Waals surface area (Å²) in [4.78, 5) is 21.7. The van der Waals surface area contributed by atoms with E-state index in [4.69, 9.17) is 44.3 Å². The standard InChI is InChI=1S/C30H29Cl3F2N4O3S/c31-20-3-1-2-16(27(20)32)14-39(18-4-5-18)30(40)26-19(10-17-11-36-12-23(26)38-17)24-13-37-25(43-24)15-41-8-9-42-29-22(35)7-6-21(34)28(29)33/h1-3,6-7,13,17-18,23,36,38H,4-5,8-12,14-15H2/t17-,23-/m1/s1. The predicted molar refractivity (Wildman–Crippen MR) is 164 cm³/mol. The average Bonchev–Trinajstić information content (AvgIpc) is 3.73. The molecule has 1 saturated carbocycles. The van der Waals surface area contributed by atoms with Gasteiger partial charge in [-0.05, 0) is 48.6 Å². The van der Waals surface area contributed by atoms with Crippen molar-refractivity contribution in [2.45, 2.75) is 50.5 Å². The van der Waals surface area contributed by atoms with Crippen molar-refractivity contribution in [3.05, 3.63) is 84.3 Å². The molecule has 0 radical (unpaired) electrons. The molecule has 2 bridgehead atoms. The Morgan fingerprint density at radius 2 is 1.88 bits per heavy atom. The molecule has 6 rings (SSSR count). The van der Waals surface area contributed by atoms with Crippen molar-refractivity contribution in [3.8, 4) is 5.75 Å². The Kier molecular flexibility index (Phi) is 9.54. The van der Waals surface area contributed by atoms with E-state index in [2.05, 4.69) is 15.6 Å². The fourth-order valence-corrected chi connectivity index (χ4v) is 6.99. The van der Waals surface area contributed by atoms with Crippen molar-refractivity contribution in [3.63, 3.8) is 0 Å². The lowest BCUT2D eigenvalue weighted by atomic mass is 9.86. The number of nitrogens with zero attached hydrogens (tertiary/aromatic N) is 2. The Labute approximate surface area is 267 Å². The lowest BCUT2D eigenvalue weighted by molar-refractivity contribution is -0.128. The Bertz CT molecular complexity index is 1550. The average molecular weight is 670 g/mol. The minimum atomic E-state index is -0.757. The summed E-state index contributed by atoms with van der Waals surface area (Å²) >= 11 is 20.1. The SMILES string of the molecule is O=C(C1=C(c2cnc(COCCOc3c(F)ccc(F)c3Cl)s2)C[C@@H]2CNC[C@H]1N2)N(Cc1cccc(Cl)c1Cl)C1CC1. The van der Waals surface area contributed by atoms with Crippen LogP contribution in [-0.2, 0) is 22.7 Å². The molecule has 2 aromatic carbocycles. The molecule has 0 spiro atoms. The third-order valence-electron chi connectivity index (χ3n) is 7.70. The van der Waals surface area contributed by atoms with Crippen molar-refractivity contribution in [2.75, 3.05) is 26.3 Å². The molecule has 3 aliphatic rings. The Balaban J connectivity index is 1.17. The molecular formula is C30H29Cl3F2N4O3S. The molecule has 2 atom stereocenters. The number of carbonyl (C=O) groups is 1. The number of halogens is 5. The van der Waals surface area contributed by atoms with E-state index in [1.807, 2.05) is 17.0 Å². The highest BCUT2D eigenvalue weighted by molar-refractivity contribution is 7.12. The Morgan fingerprint density at radius 3 is 2.70 bits per heavy atom. The molecule has 7 nitrogen and oxygen atoms in total. The number of ether oxygens (including phenoxy) is 2. The van der Waals surface area contributed by atoms with Crippen molar-refractivity contribution in [1.29, 1.82) is 0 Å². The molecule has 1 amide bonds. The van der Waals surface area contributed by atoms with Crippen molar-refractivity contribution in [1.82, 2.24) is 20.5 Å². The van der Waals surface area contributed by atoms with Crippen LogP contribution in [0.2, 0.25) is 15.1 Å².